The lowest BCUT2D eigenvalue weighted by atomic mass is 9.99. The Morgan fingerprint density at radius 3 is 2.34 bits per heavy atom. The number of amides is 2. The summed E-state index contributed by atoms with van der Waals surface area (Å²) in [6.45, 7) is 2.54. The fraction of sp³-hybridized carbons (Fsp3) is 0.147. The highest BCUT2D eigenvalue weighted by Gasteiger charge is 2.27. The standard InChI is InChI=1S/C34H30N4O2S/c1-22(35)21-31-37-32-28-13-7-8-14-29(28)38(20-19-30(32)41-31)34(40)24-15-17-25(18-16-24)36-33(39)27-12-6-5-11-26(27)23-9-3-2-4-10-23/h2-18,22H,19-21,35H2,1H3,(H,36,39). The number of thiazole rings is 1. The van der Waals surface area contributed by atoms with Crippen LogP contribution in [0.25, 0.3) is 22.4 Å². The van der Waals surface area contributed by atoms with E-state index in [-0.39, 0.29) is 17.9 Å². The zero-order chi connectivity index (χ0) is 28.3. The number of fused-ring (bicyclic) bond motifs is 3. The van der Waals surface area contributed by atoms with Crippen molar-refractivity contribution >= 4 is 34.5 Å². The highest BCUT2D eigenvalue weighted by Crippen LogP contribution is 2.39. The second kappa shape index (κ2) is 11.5. The van der Waals surface area contributed by atoms with Gasteiger partial charge in [0.15, 0.2) is 0 Å². The van der Waals surface area contributed by atoms with E-state index >= 15 is 0 Å². The largest absolute Gasteiger partial charge is 0.328 e. The van der Waals surface area contributed by atoms with E-state index in [9.17, 15) is 9.59 Å². The number of nitrogens with zero attached hydrogens (tertiary/aromatic N) is 2. The summed E-state index contributed by atoms with van der Waals surface area (Å²) in [7, 11) is 0. The molecule has 0 fully saturated rings. The fourth-order valence-electron chi connectivity index (χ4n) is 5.20. The van der Waals surface area contributed by atoms with E-state index in [1.54, 1.807) is 35.6 Å². The minimum atomic E-state index is -0.202. The third-order valence-electron chi connectivity index (χ3n) is 7.14. The van der Waals surface area contributed by atoms with Crippen molar-refractivity contribution in [2.45, 2.75) is 25.8 Å². The van der Waals surface area contributed by atoms with Crippen LogP contribution in [0, 0.1) is 0 Å². The minimum absolute atomic E-state index is 0.0458. The third kappa shape index (κ3) is 5.55. The molecule has 0 saturated heterocycles. The fourth-order valence-corrected chi connectivity index (χ4v) is 6.41. The van der Waals surface area contributed by atoms with Gasteiger partial charge in [0.05, 0.1) is 16.4 Å². The smallest absolute Gasteiger partial charge is 0.258 e. The van der Waals surface area contributed by atoms with Gasteiger partial charge in [-0.15, -0.1) is 11.3 Å². The number of benzene rings is 4. The second-order valence-electron chi connectivity index (χ2n) is 10.2. The van der Waals surface area contributed by atoms with Crippen molar-refractivity contribution in [2.24, 2.45) is 5.73 Å². The zero-order valence-corrected chi connectivity index (χ0v) is 23.5. The number of rotatable bonds is 6. The third-order valence-corrected chi connectivity index (χ3v) is 8.28. The van der Waals surface area contributed by atoms with Gasteiger partial charge in [-0.25, -0.2) is 4.98 Å². The molecule has 0 radical (unpaired) electrons. The van der Waals surface area contributed by atoms with Crippen molar-refractivity contribution in [2.75, 3.05) is 16.8 Å². The van der Waals surface area contributed by atoms with Gasteiger partial charge in [-0.1, -0.05) is 66.7 Å². The van der Waals surface area contributed by atoms with Gasteiger partial charge in [-0.3, -0.25) is 9.59 Å². The van der Waals surface area contributed by atoms with Gasteiger partial charge in [0.1, 0.15) is 0 Å². The van der Waals surface area contributed by atoms with E-state index in [0.717, 1.165) is 45.9 Å². The predicted octanol–water partition coefficient (Wildman–Crippen LogP) is 6.82. The van der Waals surface area contributed by atoms with E-state index in [2.05, 4.69) is 5.32 Å². The van der Waals surface area contributed by atoms with Crippen LogP contribution in [0.2, 0.25) is 0 Å². The number of anilines is 2. The van der Waals surface area contributed by atoms with Gasteiger partial charge in [0.2, 0.25) is 0 Å². The van der Waals surface area contributed by atoms with Gasteiger partial charge >= 0.3 is 0 Å². The van der Waals surface area contributed by atoms with Crippen LogP contribution in [0.3, 0.4) is 0 Å². The van der Waals surface area contributed by atoms with E-state index < -0.39 is 0 Å². The molecule has 0 bridgehead atoms. The molecule has 2 amide bonds. The Labute approximate surface area is 243 Å². The predicted molar refractivity (Wildman–Crippen MR) is 167 cm³/mol. The number of nitrogens with two attached hydrogens (primary N) is 1. The normalized spacial score (nSPS) is 13.1. The number of hydrogen-bond donors (Lipinski definition) is 2. The Bertz CT molecular complexity index is 1710. The molecule has 1 aliphatic heterocycles. The summed E-state index contributed by atoms with van der Waals surface area (Å²) in [4.78, 5) is 34.9. The molecule has 2 heterocycles. The van der Waals surface area contributed by atoms with Crippen molar-refractivity contribution in [1.29, 1.82) is 0 Å². The van der Waals surface area contributed by atoms with Crippen molar-refractivity contribution in [3.63, 3.8) is 0 Å². The molecule has 4 aromatic carbocycles. The molecule has 6 nitrogen and oxygen atoms in total. The number of nitrogens with one attached hydrogen (secondary N) is 1. The Morgan fingerprint density at radius 2 is 1.59 bits per heavy atom. The van der Waals surface area contributed by atoms with Crippen LogP contribution in [-0.2, 0) is 12.8 Å². The van der Waals surface area contributed by atoms with Crippen LogP contribution in [0.1, 0.15) is 37.5 Å². The number of para-hydroxylation sites is 1. The topological polar surface area (TPSA) is 88.3 Å². The lowest BCUT2D eigenvalue weighted by Crippen LogP contribution is -2.32. The molecule has 5 aromatic rings. The molecule has 1 unspecified atom stereocenters. The summed E-state index contributed by atoms with van der Waals surface area (Å²) >= 11 is 1.69. The maximum Gasteiger partial charge on any atom is 0.258 e. The first-order valence-electron chi connectivity index (χ1n) is 13.7. The van der Waals surface area contributed by atoms with E-state index in [0.29, 0.717) is 23.4 Å². The van der Waals surface area contributed by atoms with Crippen LogP contribution < -0.4 is 16.0 Å². The molecule has 3 N–H and O–H groups in total. The highest BCUT2D eigenvalue weighted by atomic mass is 32.1. The van der Waals surface area contributed by atoms with E-state index in [4.69, 9.17) is 10.7 Å². The van der Waals surface area contributed by atoms with Crippen LogP contribution in [0.5, 0.6) is 0 Å². The molecule has 0 spiro atoms. The van der Waals surface area contributed by atoms with E-state index in [1.165, 1.54) is 4.88 Å². The Hall–Kier alpha value is -4.59. The molecule has 7 heteroatoms. The van der Waals surface area contributed by atoms with Crippen molar-refractivity contribution in [3.05, 3.63) is 124 Å². The van der Waals surface area contributed by atoms with Crippen LogP contribution >= 0.6 is 11.3 Å². The number of aromatic nitrogens is 1. The van der Waals surface area contributed by atoms with Crippen LogP contribution in [-0.4, -0.2) is 29.4 Å². The maximum absolute atomic E-state index is 13.8. The molecule has 41 heavy (non-hydrogen) atoms. The van der Waals surface area contributed by atoms with Gasteiger partial charge in [0, 0.05) is 52.7 Å². The van der Waals surface area contributed by atoms with Gasteiger partial charge < -0.3 is 16.0 Å². The Morgan fingerprint density at radius 1 is 0.902 bits per heavy atom. The van der Waals surface area contributed by atoms with Gasteiger partial charge in [-0.2, -0.15) is 0 Å². The summed E-state index contributed by atoms with van der Waals surface area (Å²) in [5.74, 6) is -0.289. The maximum atomic E-state index is 13.8. The average molecular weight is 559 g/mol. The molecule has 0 saturated carbocycles. The number of hydrogen-bond acceptors (Lipinski definition) is 5. The summed E-state index contributed by atoms with van der Waals surface area (Å²) in [6.07, 6.45) is 1.46. The highest BCUT2D eigenvalue weighted by molar-refractivity contribution is 7.12. The second-order valence-corrected chi connectivity index (χ2v) is 11.4. The molecule has 1 aliphatic rings. The molecule has 6 rings (SSSR count). The minimum Gasteiger partial charge on any atom is -0.328 e. The Kier molecular flexibility index (Phi) is 7.46. The SMILES string of the molecule is CC(N)Cc1nc2c(s1)CCN(C(=O)c1ccc(NC(=O)c3ccccc3-c3ccccc3)cc1)c1ccccc1-2. The first kappa shape index (κ1) is 26.6. The number of carbonyl (C=O) groups is 2. The molecule has 1 aromatic heterocycles. The summed E-state index contributed by atoms with van der Waals surface area (Å²) in [5.41, 5.74) is 12.4. The quantitative estimate of drug-likeness (QED) is 0.239. The molecular weight excluding hydrogens is 528 g/mol. The van der Waals surface area contributed by atoms with Crippen LogP contribution in [0.4, 0.5) is 11.4 Å². The lowest BCUT2D eigenvalue weighted by molar-refractivity contribution is 0.0986. The lowest BCUT2D eigenvalue weighted by Gasteiger charge is -2.23. The Balaban J connectivity index is 1.22. The summed E-state index contributed by atoms with van der Waals surface area (Å²) < 4.78 is 0. The van der Waals surface area contributed by atoms with Crippen molar-refractivity contribution < 1.29 is 9.59 Å². The molecular formula is C34H30N4O2S. The van der Waals surface area contributed by atoms with Gasteiger partial charge in [0.25, 0.3) is 11.8 Å². The summed E-state index contributed by atoms with van der Waals surface area (Å²) in [6, 6.07) is 32.5. The summed E-state index contributed by atoms with van der Waals surface area (Å²) in [5, 5.41) is 4.02. The van der Waals surface area contributed by atoms with Crippen LogP contribution in [0.15, 0.2) is 103 Å². The number of carbonyl (C=O) groups excluding carboxylic acids is 2. The molecule has 204 valence electrons. The average Bonchev–Trinajstić information content (AvgIpc) is 3.32. The zero-order valence-electron chi connectivity index (χ0n) is 22.7. The van der Waals surface area contributed by atoms with Crippen molar-refractivity contribution in [1.82, 2.24) is 4.98 Å². The first-order valence-corrected chi connectivity index (χ1v) is 14.5. The first-order chi connectivity index (χ1) is 20.0. The van der Waals surface area contributed by atoms with Gasteiger partial charge in [-0.05, 0) is 54.4 Å². The molecule has 0 aliphatic carbocycles. The van der Waals surface area contributed by atoms with Crippen molar-refractivity contribution in [3.8, 4) is 22.4 Å². The molecule has 1 atom stereocenters. The van der Waals surface area contributed by atoms with E-state index in [1.807, 2.05) is 90.7 Å². The monoisotopic (exact) mass is 558 g/mol.